The highest BCUT2D eigenvalue weighted by Gasteiger charge is 2.63. The van der Waals surface area contributed by atoms with Gasteiger partial charge in [0.1, 0.15) is 35.1 Å². The summed E-state index contributed by atoms with van der Waals surface area (Å²) in [4.78, 5) is 63.5. The topological polar surface area (TPSA) is 192 Å². The van der Waals surface area contributed by atoms with Crippen molar-refractivity contribution in [2.75, 3.05) is 13.7 Å². The van der Waals surface area contributed by atoms with E-state index in [1.165, 1.54) is 24.1 Å². The van der Waals surface area contributed by atoms with E-state index in [1.807, 2.05) is 19.1 Å². The molecule has 7 atom stereocenters. The van der Waals surface area contributed by atoms with Gasteiger partial charge in [0.15, 0.2) is 11.6 Å². The molecule has 0 bridgehead atoms. The van der Waals surface area contributed by atoms with Gasteiger partial charge in [0, 0.05) is 23.3 Å². The third-order valence-corrected chi connectivity index (χ3v) is 15.0. The number of alkyl carbamates (subject to hydrolysis) is 1. The molecule has 2 aliphatic heterocycles. The number of benzene rings is 2. The van der Waals surface area contributed by atoms with Gasteiger partial charge in [0.2, 0.25) is 27.7 Å². The van der Waals surface area contributed by atoms with Crippen LogP contribution in [0.25, 0.3) is 22.0 Å². The number of methoxy groups -OCH3 is 1. The molecule has 4 amide bonds. The molecule has 7 unspecified atom stereocenters. The molecule has 352 valence electrons. The maximum Gasteiger partial charge on any atom is 0.408 e. The standard InChI is InChI=1S/C48H62FN5O10S/c1-27(2)62-39-17-14-30(22-36(39)49)37-23-31-21-33(61-9)15-16-35(31)42(50-37)63-34-24-38-41(55)52-48(44(57)53-65(59,60)47(8)18-19-47)25-32(48)13-11-10-12-28(3)20-29(4)40(43(56)54(38)26-34)51-45(58)64-46(5,6)7/h11,13-17,21-23,27-29,32,34,38,40H,10,12,18-20,24-26H2,1-9H3,(H,51,58)(H,52,55)(H,53,57). The number of hydrogen-bond acceptors (Lipinski definition) is 11. The van der Waals surface area contributed by atoms with Gasteiger partial charge in [-0.25, -0.2) is 22.6 Å². The van der Waals surface area contributed by atoms with E-state index in [9.17, 15) is 22.8 Å². The van der Waals surface area contributed by atoms with Crippen molar-refractivity contribution in [3.8, 4) is 28.6 Å². The molecule has 2 aliphatic carbocycles. The fourth-order valence-corrected chi connectivity index (χ4v) is 10.1. The molecule has 3 heterocycles. The summed E-state index contributed by atoms with van der Waals surface area (Å²) in [6.07, 6.45) is 4.73. The first-order chi connectivity index (χ1) is 30.5. The largest absolute Gasteiger partial charge is 0.497 e. The number of ether oxygens (including phenoxy) is 4. The van der Waals surface area contributed by atoms with Gasteiger partial charge in [-0.15, -0.1) is 0 Å². The summed E-state index contributed by atoms with van der Waals surface area (Å²) in [5.74, 6) is -2.66. The summed E-state index contributed by atoms with van der Waals surface area (Å²) in [5.41, 5.74) is -1.65. The van der Waals surface area contributed by atoms with Crippen LogP contribution in [0.15, 0.2) is 54.6 Å². The lowest BCUT2D eigenvalue weighted by molar-refractivity contribution is -0.142. The second-order valence-corrected chi connectivity index (χ2v) is 22.0. The smallest absolute Gasteiger partial charge is 0.408 e. The van der Waals surface area contributed by atoms with Crippen molar-refractivity contribution < 1.29 is 50.9 Å². The van der Waals surface area contributed by atoms with Gasteiger partial charge in [-0.1, -0.05) is 26.0 Å². The summed E-state index contributed by atoms with van der Waals surface area (Å²) >= 11 is 0. The minimum atomic E-state index is -4.05. The van der Waals surface area contributed by atoms with Gasteiger partial charge in [0.25, 0.3) is 5.91 Å². The Labute approximate surface area is 380 Å². The average molecular weight is 920 g/mol. The maximum atomic E-state index is 15.4. The lowest BCUT2D eigenvalue weighted by atomic mass is 9.88. The molecule has 0 spiro atoms. The Balaban J connectivity index is 1.27. The van der Waals surface area contributed by atoms with Gasteiger partial charge in [0.05, 0.1) is 30.2 Å². The highest BCUT2D eigenvalue weighted by Crippen LogP contribution is 2.48. The number of carbonyl (C=O) groups is 4. The predicted molar refractivity (Wildman–Crippen MR) is 242 cm³/mol. The Bertz CT molecular complexity index is 2490. The Morgan fingerprint density at radius 2 is 1.78 bits per heavy atom. The molecular weight excluding hydrogens is 858 g/mol. The van der Waals surface area contributed by atoms with E-state index in [0.29, 0.717) is 53.5 Å². The quantitative estimate of drug-likeness (QED) is 0.178. The van der Waals surface area contributed by atoms with Crippen LogP contribution >= 0.6 is 0 Å². The van der Waals surface area contributed by atoms with Crippen molar-refractivity contribution in [3.63, 3.8) is 0 Å². The Morgan fingerprint density at radius 1 is 1.05 bits per heavy atom. The molecule has 0 radical (unpaired) electrons. The van der Waals surface area contributed by atoms with Crippen LogP contribution in [-0.4, -0.2) is 95.9 Å². The Hall–Kier alpha value is -5.45. The minimum Gasteiger partial charge on any atom is -0.497 e. The van der Waals surface area contributed by atoms with E-state index in [1.54, 1.807) is 71.9 Å². The van der Waals surface area contributed by atoms with Crippen molar-refractivity contribution in [1.82, 2.24) is 25.2 Å². The Kier molecular flexibility index (Phi) is 13.2. The fourth-order valence-electron chi connectivity index (χ4n) is 8.77. The monoisotopic (exact) mass is 919 g/mol. The molecule has 4 aliphatic rings. The van der Waals surface area contributed by atoms with Crippen LogP contribution in [0.4, 0.5) is 9.18 Å². The first kappa shape index (κ1) is 47.5. The number of nitrogens with one attached hydrogen (secondary N) is 3. The number of carbonyl (C=O) groups excluding carboxylic acids is 4. The van der Waals surface area contributed by atoms with Gasteiger partial charge in [-0.05, 0) is 140 Å². The average Bonchev–Trinajstić information content (AvgIpc) is 4.10. The van der Waals surface area contributed by atoms with Gasteiger partial charge >= 0.3 is 6.09 Å². The number of halogens is 1. The predicted octanol–water partition coefficient (Wildman–Crippen LogP) is 6.96. The maximum absolute atomic E-state index is 15.4. The first-order valence-corrected chi connectivity index (χ1v) is 24.0. The number of allylic oxidation sites excluding steroid dienone is 1. The summed E-state index contributed by atoms with van der Waals surface area (Å²) in [6.45, 7) is 14.1. The lowest BCUT2D eigenvalue weighted by Crippen LogP contribution is -2.59. The number of pyridine rings is 1. The SMILES string of the molecule is COc1ccc2c(OC3CC4C(=O)NC5(C(=O)NS(=O)(=O)C6(C)CC6)CC5C=CCCC(C)CC(C)C(NC(=O)OC(C)(C)C)C(=O)N4C3)nc(-c3ccc(OC(C)C)c(F)c3)cc2c1. The van der Waals surface area contributed by atoms with Crippen molar-refractivity contribution in [3.05, 3.63) is 60.4 Å². The second-order valence-electron chi connectivity index (χ2n) is 19.8. The van der Waals surface area contributed by atoms with Crippen LogP contribution in [0.2, 0.25) is 0 Å². The molecule has 7 rings (SSSR count). The van der Waals surface area contributed by atoms with Crippen molar-refractivity contribution in [2.24, 2.45) is 17.8 Å². The van der Waals surface area contributed by atoms with E-state index in [2.05, 4.69) is 22.3 Å². The number of sulfonamides is 1. The Morgan fingerprint density at radius 3 is 2.45 bits per heavy atom. The molecule has 3 fully saturated rings. The highest BCUT2D eigenvalue weighted by atomic mass is 32.2. The molecular formula is C48H62FN5O10S. The van der Waals surface area contributed by atoms with E-state index < -0.39 is 85.6 Å². The number of hydrogen-bond donors (Lipinski definition) is 3. The third kappa shape index (κ3) is 10.5. The number of nitrogens with zero attached hydrogens (tertiary/aromatic N) is 2. The third-order valence-electron chi connectivity index (χ3n) is 12.8. The molecule has 17 heteroatoms. The van der Waals surface area contributed by atoms with E-state index in [0.717, 1.165) is 6.42 Å². The second kappa shape index (κ2) is 18.1. The summed E-state index contributed by atoms with van der Waals surface area (Å²) in [7, 11) is -2.51. The van der Waals surface area contributed by atoms with Crippen LogP contribution in [0.5, 0.6) is 17.4 Å². The van der Waals surface area contributed by atoms with E-state index in [4.69, 9.17) is 23.9 Å². The molecule has 1 aromatic heterocycles. The minimum absolute atomic E-state index is 0.0600. The molecule has 3 N–H and O–H groups in total. The van der Waals surface area contributed by atoms with Crippen LogP contribution in [0.3, 0.4) is 0 Å². The number of rotatable bonds is 10. The van der Waals surface area contributed by atoms with Gasteiger partial charge in [-0.2, -0.15) is 0 Å². The van der Waals surface area contributed by atoms with Crippen LogP contribution in [0, 0.1) is 23.6 Å². The molecule has 1 saturated heterocycles. The fraction of sp³-hybridized carbons (Fsp3) is 0.562. The van der Waals surface area contributed by atoms with Crippen molar-refractivity contribution in [2.45, 2.75) is 141 Å². The number of aromatic nitrogens is 1. The normalized spacial score (nSPS) is 26.8. The van der Waals surface area contributed by atoms with E-state index >= 15 is 9.18 Å². The molecule has 2 aromatic carbocycles. The molecule has 2 saturated carbocycles. The van der Waals surface area contributed by atoms with E-state index in [-0.39, 0.29) is 43.0 Å². The number of amides is 4. The van der Waals surface area contributed by atoms with Gasteiger partial charge in [-0.3, -0.25) is 19.1 Å². The zero-order valence-electron chi connectivity index (χ0n) is 38.7. The van der Waals surface area contributed by atoms with Gasteiger partial charge < -0.3 is 34.5 Å². The first-order valence-electron chi connectivity index (χ1n) is 22.5. The zero-order valence-corrected chi connectivity index (χ0v) is 39.5. The molecule has 65 heavy (non-hydrogen) atoms. The summed E-state index contributed by atoms with van der Waals surface area (Å²) < 4.78 is 66.6. The molecule has 3 aromatic rings. The lowest BCUT2D eigenvalue weighted by Gasteiger charge is -2.33. The van der Waals surface area contributed by atoms with Crippen LogP contribution in [0.1, 0.15) is 100 Å². The van der Waals surface area contributed by atoms with Crippen molar-refractivity contribution >= 4 is 44.6 Å². The summed E-state index contributed by atoms with van der Waals surface area (Å²) in [5, 5.41) is 6.96. The molecule has 15 nitrogen and oxygen atoms in total. The number of fused-ring (bicyclic) bond motifs is 3. The zero-order chi connectivity index (χ0) is 47.2. The van der Waals surface area contributed by atoms with Crippen LogP contribution in [-0.2, 0) is 29.1 Å². The highest BCUT2D eigenvalue weighted by molar-refractivity contribution is 7.91. The summed E-state index contributed by atoms with van der Waals surface area (Å²) in [6, 6.07) is 9.29. The van der Waals surface area contributed by atoms with Crippen molar-refractivity contribution in [1.29, 1.82) is 0 Å². The van der Waals surface area contributed by atoms with Crippen LogP contribution < -0.4 is 29.6 Å².